The van der Waals surface area contributed by atoms with E-state index in [1.165, 1.54) is 35.2 Å². The number of carbonyl (C=O) groups excluding carboxylic acids is 1. The van der Waals surface area contributed by atoms with Gasteiger partial charge in [0.1, 0.15) is 11.3 Å². The van der Waals surface area contributed by atoms with Gasteiger partial charge in [-0.15, -0.1) is 10.2 Å². The van der Waals surface area contributed by atoms with Crippen molar-refractivity contribution in [2.45, 2.75) is 10.8 Å². The molecule has 0 aliphatic carbocycles. The largest absolute Gasteiger partial charge is 0.355 e. The topological polar surface area (TPSA) is 54.9 Å². The van der Waals surface area contributed by atoms with Crippen LogP contribution in [-0.2, 0) is 11.2 Å². The van der Waals surface area contributed by atoms with E-state index >= 15 is 0 Å². The van der Waals surface area contributed by atoms with E-state index in [1.54, 1.807) is 17.6 Å². The van der Waals surface area contributed by atoms with E-state index in [0.717, 1.165) is 9.90 Å². The molecule has 7 heteroatoms. The summed E-state index contributed by atoms with van der Waals surface area (Å²) < 4.78 is 13.5. The van der Waals surface area contributed by atoms with E-state index in [2.05, 4.69) is 15.5 Å². The summed E-state index contributed by atoms with van der Waals surface area (Å²) in [6.45, 7) is 0.543. The highest BCUT2D eigenvalue weighted by atomic mass is 32.2. The molecule has 0 spiro atoms. The minimum atomic E-state index is -0.249. The van der Waals surface area contributed by atoms with E-state index in [4.69, 9.17) is 0 Å². The highest BCUT2D eigenvalue weighted by Gasteiger charge is 2.04. The Balaban J connectivity index is 1.65. The molecule has 0 saturated carbocycles. The van der Waals surface area contributed by atoms with Gasteiger partial charge in [0.2, 0.25) is 5.91 Å². The molecule has 19 heavy (non-hydrogen) atoms. The minimum Gasteiger partial charge on any atom is -0.355 e. The molecule has 0 bridgehead atoms. The first-order valence-corrected chi connectivity index (χ1v) is 7.50. The molecule has 1 aromatic heterocycles. The van der Waals surface area contributed by atoms with Gasteiger partial charge < -0.3 is 5.32 Å². The fraction of sp³-hybridized carbons (Fsp3) is 0.250. The lowest BCUT2D eigenvalue weighted by Gasteiger charge is -2.04. The molecule has 2 rings (SSSR count). The van der Waals surface area contributed by atoms with Crippen molar-refractivity contribution in [1.29, 1.82) is 0 Å². The van der Waals surface area contributed by atoms with Gasteiger partial charge >= 0.3 is 0 Å². The monoisotopic (exact) mass is 297 g/mol. The van der Waals surface area contributed by atoms with Crippen LogP contribution in [0.4, 0.5) is 4.39 Å². The number of carbonyl (C=O) groups is 1. The minimum absolute atomic E-state index is 0.0395. The van der Waals surface area contributed by atoms with Gasteiger partial charge in [-0.05, 0) is 24.1 Å². The Morgan fingerprint density at radius 2 is 2.16 bits per heavy atom. The van der Waals surface area contributed by atoms with E-state index in [9.17, 15) is 9.18 Å². The number of benzene rings is 1. The Morgan fingerprint density at radius 3 is 2.84 bits per heavy atom. The van der Waals surface area contributed by atoms with Gasteiger partial charge in [-0.3, -0.25) is 4.79 Å². The zero-order valence-electron chi connectivity index (χ0n) is 10.0. The molecule has 0 fully saturated rings. The van der Waals surface area contributed by atoms with E-state index in [1.807, 2.05) is 0 Å². The average Bonchev–Trinajstić information content (AvgIpc) is 2.92. The summed E-state index contributed by atoms with van der Waals surface area (Å²) in [7, 11) is 0. The summed E-state index contributed by atoms with van der Waals surface area (Å²) in [4.78, 5) is 11.5. The maximum absolute atomic E-state index is 12.7. The fourth-order valence-electron chi connectivity index (χ4n) is 1.40. The molecule has 1 heterocycles. The third-order valence-corrected chi connectivity index (χ3v) is 4.18. The van der Waals surface area contributed by atoms with Crippen LogP contribution in [0.1, 0.15) is 5.56 Å². The average molecular weight is 297 g/mol. The molecule has 4 nitrogen and oxygen atoms in total. The summed E-state index contributed by atoms with van der Waals surface area (Å²) >= 11 is 2.78. The van der Waals surface area contributed by atoms with Crippen LogP contribution in [0.3, 0.4) is 0 Å². The highest BCUT2D eigenvalue weighted by Crippen LogP contribution is 2.18. The second-order valence-electron chi connectivity index (χ2n) is 3.72. The lowest BCUT2D eigenvalue weighted by Crippen LogP contribution is -2.27. The first-order chi connectivity index (χ1) is 9.24. The zero-order valence-corrected chi connectivity index (χ0v) is 11.6. The Morgan fingerprint density at radius 1 is 1.37 bits per heavy atom. The van der Waals surface area contributed by atoms with Crippen LogP contribution in [0.2, 0.25) is 0 Å². The quantitative estimate of drug-likeness (QED) is 0.830. The lowest BCUT2D eigenvalue weighted by molar-refractivity contribution is -0.118. The van der Waals surface area contributed by atoms with Crippen molar-refractivity contribution in [3.8, 4) is 0 Å². The van der Waals surface area contributed by atoms with Gasteiger partial charge in [-0.1, -0.05) is 35.2 Å². The van der Waals surface area contributed by atoms with Crippen LogP contribution in [0.5, 0.6) is 0 Å². The second kappa shape index (κ2) is 7.20. The van der Waals surface area contributed by atoms with Crippen molar-refractivity contribution in [2.24, 2.45) is 0 Å². The predicted octanol–water partition coefficient (Wildman–Crippen LogP) is 2.13. The van der Waals surface area contributed by atoms with Gasteiger partial charge in [0.05, 0.1) is 5.75 Å². The van der Waals surface area contributed by atoms with Crippen LogP contribution in [-0.4, -0.2) is 28.4 Å². The number of aromatic nitrogens is 2. The number of rotatable bonds is 6. The first kappa shape index (κ1) is 14.0. The normalized spacial score (nSPS) is 10.4. The first-order valence-electron chi connectivity index (χ1n) is 5.64. The summed E-state index contributed by atoms with van der Waals surface area (Å²) in [5.74, 6) is 0.0436. The van der Waals surface area contributed by atoms with Gasteiger partial charge in [0.25, 0.3) is 0 Å². The molecule has 0 aliphatic rings. The third-order valence-electron chi connectivity index (χ3n) is 2.32. The van der Waals surface area contributed by atoms with Crippen LogP contribution in [0.25, 0.3) is 0 Å². The SMILES string of the molecule is O=C(CSc1nncs1)NCCc1ccc(F)cc1. The molecule has 0 unspecified atom stereocenters. The molecule has 0 aliphatic heterocycles. The van der Waals surface area contributed by atoms with Crippen molar-refractivity contribution >= 4 is 29.0 Å². The maximum Gasteiger partial charge on any atom is 0.230 e. The molecule has 0 radical (unpaired) electrons. The summed E-state index contributed by atoms with van der Waals surface area (Å²) in [6, 6.07) is 6.28. The van der Waals surface area contributed by atoms with Crippen molar-refractivity contribution in [1.82, 2.24) is 15.5 Å². The van der Waals surface area contributed by atoms with Crippen molar-refractivity contribution in [3.05, 3.63) is 41.2 Å². The van der Waals surface area contributed by atoms with Crippen LogP contribution < -0.4 is 5.32 Å². The Hall–Kier alpha value is -1.47. The number of hydrogen-bond acceptors (Lipinski definition) is 5. The molecule has 100 valence electrons. The summed E-state index contributed by atoms with van der Waals surface area (Å²) in [6.07, 6.45) is 0.690. The number of halogens is 1. The molecule has 0 atom stereocenters. The number of hydrogen-bond donors (Lipinski definition) is 1. The number of nitrogens with zero attached hydrogens (tertiary/aromatic N) is 2. The summed E-state index contributed by atoms with van der Waals surface area (Å²) in [5.41, 5.74) is 2.63. The molecular weight excluding hydrogens is 285 g/mol. The highest BCUT2D eigenvalue weighted by molar-refractivity contribution is 8.01. The van der Waals surface area contributed by atoms with Crippen molar-refractivity contribution in [3.63, 3.8) is 0 Å². The van der Waals surface area contributed by atoms with E-state index in [-0.39, 0.29) is 11.7 Å². The molecule has 1 N–H and O–H groups in total. The van der Waals surface area contributed by atoms with Gasteiger partial charge in [-0.25, -0.2) is 4.39 Å². The third kappa shape index (κ3) is 4.96. The van der Waals surface area contributed by atoms with Crippen molar-refractivity contribution < 1.29 is 9.18 Å². The van der Waals surface area contributed by atoms with Gasteiger partial charge in [0.15, 0.2) is 4.34 Å². The van der Waals surface area contributed by atoms with Crippen LogP contribution in [0.15, 0.2) is 34.1 Å². The predicted molar refractivity (Wildman–Crippen MR) is 73.7 cm³/mol. The fourth-order valence-corrected chi connectivity index (χ4v) is 2.72. The van der Waals surface area contributed by atoms with E-state index in [0.29, 0.717) is 18.7 Å². The van der Waals surface area contributed by atoms with Gasteiger partial charge in [-0.2, -0.15) is 0 Å². The molecular formula is C12H12FN3OS2. The molecule has 0 saturated heterocycles. The maximum atomic E-state index is 12.7. The second-order valence-corrected chi connectivity index (χ2v) is 5.78. The Labute approximate surface area is 118 Å². The van der Waals surface area contributed by atoms with Crippen LogP contribution >= 0.6 is 23.1 Å². The number of nitrogens with one attached hydrogen (secondary N) is 1. The Kier molecular flexibility index (Phi) is 5.29. The molecule has 2 aromatic rings. The number of thioether (sulfide) groups is 1. The molecule has 1 amide bonds. The lowest BCUT2D eigenvalue weighted by atomic mass is 10.1. The van der Waals surface area contributed by atoms with Crippen molar-refractivity contribution in [2.75, 3.05) is 12.3 Å². The van der Waals surface area contributed by atoms with Gasteiger partial charge in [0, 0.05) is 6.54 Å². The summed E-state index contributed by atoms with van der Waals surface area (Å²) in [5, 5.41) is 10.3. The van der Waals surface area contributed by atoms with Crippen LogP contribution in [0, 0.1) is 5.82 Å². The standard InChI is InChI=1S/C12H12FN3OS2/c13-10-3-1-9(2-4-10)5-6-14-11(17)7-18-12-16-15-8-19-12/h1-4,8H,5-7H2,(H,14,17). The Bertz CT molecular complexity index is 516. The number of amides is 1. The smallest absolute Gasteiger partial charge is 0.230 e. The molecule has 1 aromatic carbocycles. The van der Waals surface area contributed by atoms with E-state index < -0.39 is 0 Å². The zero-order chi connectivity index (χ0) is 13.5.